The number of sulfonamides is 1. The lowest BCUT2D eigenvalue weighted by Gasteiger charge is -2.21. The summed E-state index contributed by atoms with van der Waals surface area (Å²) in [7, 11) is -3.81. The van der Waals surface area contributed by atoms with E-state index in [2.05, 4.69) is 10.3 Å². The number of carbonyl (C=O) groups is 1. The van der Waals surface area contributed by atoms with Crippen LogP contribution in [0.3, 0.4) is 0 Å². The standard InChI is InChI=1S/C18H19N3O4S2/c1-14(22)19-11-9-16-7-8-18(26-16)27(23,24)21(13-15-5-4-12-25-15)17-6-2-3-10-20-17/h2-8,10,12H,9,11,13H2,1H3,(H,19,22). The average molecular weight is 406 g/mol. The number of thiophene rings is 1. The number of rotatable bonds is 8. The summed E-state index contributed by atoms with van der Waals surface area (Å²) in [5.74, 6) is 0.730. The SMILES string of the molecule is CC(=O)NCCc1ccc(S(=O)(=O)N(Cc2ccco2)c2ccccn2)s1. The maximum atomic E-state index is 13.2. The molecule has 27 heavy (non-hydrogen) atoms. The van der Waals surface area contributed by atoms with Gasteiger partial charge in [-0.3, -0.25) is 4.79 Å². The molecule has 0 bridgehead atoms. The van der Waals surface area contributed by atoms with Crippen LogP contribution in [-0.4, -0.2) is 25.9 Å². The van der Waals surface area contributed by atoms with E-state index in [1.807, 2.05) is 0 Å². The van der Waals surface area contributed by atoms with E-state index < -0.39 is 10.0 Å². The van der Waals surface area contributed by atoms with Gasteiger partial charge in [-0.05, 0) is 42.8 Å². The van der Waals surface area contributed by atoms with Crippen molar-refractivity contribution >= 4 is 33.1 Å². The molecule has 7 nitrogen and oxygen atoms in total. The van der Waals surface area contributed by atoms with E-state index in [9.17, 15) is 13.2 Å². The zero-order valence-corrected chi connectivity index (χ0v) is 16.3. The van der Waals surface area contributed by atoms with Crippen LogP contribution in [0.15, 0.2) is 63.6 Å². The van der Waals surface area contributed by atoms with E-state index in [4.69, 9.17) is 4.42 Å². The number of nitrogens with zero attached hydrogens (tertiary/aromatic N) is 2. The number of anilines is 1. The van der Waals surface area contributed by atoms with E-state index in [1.165, 1.54) is 28.8 Å². The van der Waals surface area contributed by atoms with Gasteiger partial charge >= 0.3 is 0 Å². The van der Waals surface area contributed by atoms with Crippen LogP contribution < -0.4 is 9.62 Å². The van der Waals surface area contributed by atoms with Crippen LogP contribution in [0.2, 0.25) is 0 Å². The third-order valence-corrected chi connectivity index (χ3v) is 7.07. The van der Waals surface area contributed by atoms with Gasteiger partial charge in [-0.25, -0.2) is 17.7 Å². The van der Waals surface area contributed by atoms with Gasteiger partial charge in [-0.2, -0.15) is 0 Å². The molecule has 0 saturated heterocycles. The van der Waals surface area contributed by atoms with Gasteiger partial charge in [0.15, 0.2) is 0 Å². The van der Waals surface area contributed by atoms with Crippen molar-refractivity contribution in [1.82, 2.24) is 10.3 Å². The minimum absolute atomic E-state index is 0.0471. The molecule has 142 valence electrons. The molecule has 3 rings (SSSR count). The van der Waals surface area contributed by atoms with Crippen LogP contribution >= 0.6 is 11.3 Å². The Balaban J connectivity index is 1.86. The van der Waals surface area contributed by atoms with Gasteiger partial charge in [0.2, 0.25) is 5.91 Å². The fourth-order valence-electron chi connectivity index (χ4n) is 2.44. The highest BCUT2D eigenvalue weighted by molar-refractivity contribution is 7.94. The first-order valence-corrected chi connectivity index (χ1v) is 10.5. The Hall–Kier alpha value is -2.65. The van der Waals surface area contributed by atoms with E-state index in [0.717, 1.165) is 4.88 Å². The first kappa shape index (κ1) is 19.1. The zero-order chi connectivity index (χ0) is 19.3. The van der Waals surface area contributed by atoms with Crippen molar-refractivity contribution in [2.75, 3.05) is 10.8 Å². The minimum atomic E-state index is -3.81. The van der Waals surface area contributed by atoms with Gasteiger partial charge in [0.25, 0.3) is 10.0 Å². The fraction of sp³-hybridized carbons (Fsp3) is 0.222. The van der Waals surface area contributed by atoms with E-state index >= 15 is 0 Å². The lowest BCUT2D eigenvalue weighted by atomic mass is 10.3. The number of nitrogens with one attached hydrogen (secondary N) is 1. The molecule has 0 aliphatic carbocycles. The summed E-state index contributed by atoms with van der Waals surface area (Å²) < 4.78 is 33.3. The predicted octanol–water partition coefficient (Wildman–Crippen LogP) is 2.81. The summed E-state index contributed by atoms with van der Waals surface area (Å²) in [6.07, 6.45) is 3.62. The topological polar surface area (TPSA) is 92.5 Å². The van der Waals surface area contributed by atoms with Crippen molar-refractivity contribution in [3.05, 3.63) is 65.6 Å². The fourth-order valence-corrected chi connectivity index (χ4v) is 5.29. The monoisotopic (exact) mass is 405 g/mol. The van der Waals surface area contributed by atoms with Crippen molar-refractivity contribution < 1.29 is 17.6 Å². The molecule has 0 spiro atoms. The molecule has 3 aromatic heterocycles. The highest BCUT2D eigenvalue weighted by atomic mass is 32.2. The number of hydrogen-bond donors (Lipinski definition) is 1. The molecular weight excluding hydrogens is 386 g/mol. The Morgan fingerprint density at radius 2 is 2.07 bits per heavy atom. The second-order valence-corrected chi connectivity index (χ2v) is 8.99. The van der Waals surface area contributed by atoms with Gasteiger partial charge in [0.05, 0.1) is 12.8 Å². The second kappa shape index (κ2) is 8.36. The molecule has 0 saturated carbocycles. The van der Waals surface area contributed by atoms with Crippen molar-refractivity contribution in [2.45, 2.75) is 24.1 Å². The molecule has 0 aliphatic heterocycles. The van der Waals surface area contributed by atoms with Gasteiger partial charge in [-0.1, -0.05) is 6.07 Å². The number of furan rings is 1. The summed E-state index contributed by atoms with van der Waals surface area (Å²) in [5, 5.41) is 2.71. The summed E-state index contributed by atoms with van der Waals surface area (Å²) in [6.45, 7) is 1.96. The minimum Gasteiger partial charge on any atom is -0.467 e. The number of carbonyl (C=O) groups excluding carboxylic acids is 1. The summed E-state index contributed by atoms with van der Waals surface area (Å²) in [4.78, 5) is 16.0. The highest BCUT2D eigenvalue weighted by Crippen LogP contribution is 2.29. The Labute approximate surface area is 161 Å². The van der Waals surface area contributed by atoms with E-state index in [-0.39, 0.29) is 16.7 Å². The van der Waals surface area contributed by atoms with Crippen molar-refractivity contribution in [1.29, 1.82) is 0 Å². The first-order chi connectivity index (χ1) is 13.0. The molecule has 1 amide bonds. The summed E-state index contributed by atoms with van der Waals surface area (Å²) in [6, 6.07) is 11.9. The van der Waals surface area contributed by atoms with Crippen LogP contribution in [0.4, 0.5) is 5.82 Å². The van der Waals surface area contributed by atoms with Crippen LogP contribution in [0, 0.1) is 0 Å². The quantitative estimate of drug-likeness (QED) is 0.622. The molecular formula is C18H19N3O4S2. The van der Waals surface area contributed by atoms with Crippen LogP contribution in [0.5, 0.6) is 0 Å². The molecule has 3 heterocycles. The lowest BCUT2D eigenvalue weighted by molar-refractivity contribution is -0.118. The summed E-state index contributed by atoms with van der Waals surface area (Å²) in [5.41, 5.74) is 0. The number of aromatic nitrogens is 1. The molecule has 0 aliphatic rings. The molecule has 0 radical (unpaired) electrons. The predicted molar refractivity (Wildman–Crippen MR) is 103 cm³/mol. The second-order valence-electron chi connectivity index (χ2n) is 5.73. The highest BCUT2D eigenvalue weighted by Gasteiger charge is 2.28. The molecule has 1 N–H and O–H groups in total. The van der Waals surface area contributed by atoms with Crippen LogP contribution in [0.1, 0.15) is 17.6 Å². The van der Waals surface area contributed by atoms with Crippen LogP contribution in [0.25, 0.3) is 0 Å². The van der Waals surface area contributed by atoms with Gasteiger partial charge in [-0.15, -0.1) is 11.3 Å². The average Bonchev–Trinajstić information content (AvgIpc) is 3.32. The van der Waals surface area contributed by atoms with Crippen LogP contribution in [-0.2, 0) is 27.8 Å². The molecule has 9 heteroatoms. The summed E-state index contributed by atoms with van der Waals surface area (Å²) >= 11 is 1.19. The Morgan fingerprint density at radius 1 is 1.22 bits per heavy atom. The number of amides is 1. The molecule has 0 atom stereocenters. The number of pyridine rings is 1. The Morgan fingerprint density at radius 3 is 2.74 bits per heavy atom. The Bertz CT molecular complexity index is 983. The van der Waals surface area contributed by atoms with Crippen molar-refractivity contribution in [3.8, 4) is 0 Å². The lowest BCUT2D eigenvalue weighted by Crippen LogP contribution is -2.30. The maximum Gasteiger partial charge on any atom is 0.275 e. The largest absolute Gasteiger partial charge is 0.467 e. The molecule has 0 fully saturated rings. The normalized spacial score (nSPS) is 11.3. The van der Waals surface area contributed by atoms with Gasteiger partial charge in [0, 0.05) is 24.5 Å². The zero-order valence-electron chi connectivity index (χ0n) is 14.7. The van der Waals surface area contributed by atoms with E-state index in [0.29, 0.717) is 24.5 Å². The van der Waals surface area contributed by atoms with Gasteiger partial charge in [0.1, 0.15) is 15.8 Å². The van der Waals surface area contributed by atoms with Gasteiger partial charge < -0.3 is 9.73 Å². The number of hydrogen-bond acceptors (Lipinski definition) is 6. The van der Waals surface area contributed by atoms with Crippen molar-refractivity contribution in [3.63, 3.8) is 0 Å². The van der Waals surface area contributed by atoms with E-state index in [1.54, 1.807) is 48.7 Å². The third kappa shape index (κ3) is 4.75. The molecule has 0 aromatic carbocycles. The maximum absolute atomic E-state index is 13.2. The first-order valence-electron chi connectivity index (χ1n) is 8.26. The third-order valence-electron chi connectivity index (χ3n) is 3.71. The molecule has 3 aromatic rings. The smallest absolute Gasteiger partial charge is 0.275 e. The molecule has 0 unspecified atom stereocenters. The Kier molecular flexibility index (Phi) is 5.92. The van der Waals surface area contributed by atoms with Crippen molar-refractivity contribution in [2.24, 2.45) is 0 Å².